The lowest BCUT2D eigenvalue weighted by molar-refractivity contribution is 0.0957. The Morgan fingerprint density at radius 2 is 1.96 bits per heavy atom. The summed E-state index contributed by atoms with van der Waals surface area (Å²) in [7, 11) is 0. The van der Waals surface area contributed by atoms with Gasteiger partial charge < -0.3 is 20.5 Å². The van der Waals surface area contributed by atoms with Crippen LogP contribution in [0.5, 0.6) is 5.75 Å². The summed E-state index contributed by atoms with van der Waals surface area (Å²) in [5, 5.41) is 16.1. The van der Waals surface area contributed by atoms with Gasteiger partial charge in [0, 0.05) is 18.0 Å². The number of aryl methyl sites for hydroxylation is 1. The topological polar surface area (TPSA) is 70.6 Å². The number of aliphatic hydroxyl groups is 1. The second kappa shape index (κ2) is 12.5. The molecule has 1 unspecified atom stereocenters. The lowest BCUT2D eigenvalue weighted by Gasteiger charge is -2.13. The minimum atomic E-state index is -0.537. The number of hydrogen-bond acceptors (Lipinski definition) is 5. The first-order chi connectivity index (χ1) is 13.2. The normalized spacial score (nSPS) is 11.9. The minimum Gasteiger partial charge on any atom is -0.491 e. The molecule has 6 heteroatoms. The summed E-state index contributed by atoms with van der Waals surface area (Å²) in [6, 6.07) is 13.4. The zero-order valence-corrected chi connectivity index (χ0v) is 16.8. The van der Waals surface area contributed by atoms with E-state index in [4.69, 9.17) is 4.74 Å². The molecule has 0 aliphatic carbocycles. The van der Waals surface area contributed by atoms with Crippen LogP contribution in [0.1, 0.15) is 40.7 Å². The van der Waals surface area contributed by atoms with Crippen molar-refractivity contribution in [1.29, 1.82) is 0 Å². The molecule has 0 fully saturated rings. The predicted octanol–water partition coefficient (Wildman–Crippen LogP) is 3.24. The van der Waals surface area contributed by atoms with Gasteiger partial charge in [-0.2, -0.15) is 0 Å². The Morgan fingerprint density at radius 3 is 2.74 bits per heavy atom. The highest BCUT2D eigenvalue weighted by molar-refractivity contribution is 7.14. The van der Waals surface area contributed by atoms with Gasteiger partial charge in [0.25, 0.3) is 5.91 Å². The highest BCUT2D eigenvalue weighted by Crippen LogP contribution is 2.18. The van der Waals surface area contributed by atoms with E-state index in [0.717, 1.165) is 49.4 Å². The summed E-state index contributed by atoms with van der Waals surface area (Å²) >= 11 is 1.56. The van der Waals surface area contributed by atoms with Gasteiger partial charge in [-0.05, 0) is 50.1 Å². The van der Waals surface area contributed by atoms with Gasteiger partial charge in [0.1, 0.15) is 18.5 Å². The highest BCUT2D eigenvalue weighted by atomic mass is 32.1. The van der Waals surface area contributed by atoms with Crippen molar-refractivity contribution in [2.24, 2.45) is 0 Å². The highest BCUT2D eigenvalue weighted by Gasteiger charge is 2.09. The number of para-hydroxylation sites is 1. The van der Waals surface area contributed by atoms with Crippen molar-refractivity contribution in [1.82, 2.24) is 10.6 Å². The molecule has 0 saturated heterocycles. The summed E-state index contributed by atoms with van der Waals surface area (Å²) in [5.74, 6) is 0.795. The molecular formula is C21H30N2O3S. The maximum atomic E-state index is 12.0. The molecule has 27 heavy (non-hydrogen) atoms. The Hall–Kier alpha value is -1.89. The van der Waals surface area contributed by atoms with Crippen molar-refractivity contribution in [2.45, 2.75) is 38.7 Å². The van der Waals surface area contributed by atoms with Crippen molar-refractivity contribution in [3.8, 4) is 5.75 Å². The third-order valence-corrected chi connectivity index (χ3v) is 5.19. The maximum absolute atomic E-state index is 12.0. The molecule has 1 aromatic carbocycles. The van der Waals surface area contributed by atoms with Gasteiger partial charge in [-0.15, -0.1) is 11.3 Å². The molecule has 0 bridgehead atoms. The Labute approximate surface area is 165 Å². The molecule has 2 aromatic rings. The zero-order chi connectivity index (χ0) is 19.3. The average molecular weight is 391 g/mol. The zero-order valence-electron chi connectivity index (χ0n) is 15.9. The quantitative estimate of drug-likeness (QED) is 0.459. The van der Waals surface area contributed by atoms with E-state index in [-0.39, 0.29) is 12.5 Å². The lowest BCUT2D eigenvalue weighted by Crippen LogP contribution is -2.32. The molecule has 1 atom stereocenters. The fourth-order valence-electron chi connectivity index (χ4n) is 2.52. The largest absolute Gasteiger partial charge is 0.491 e. The van der Waals surface area contributed by atoms with Crippen LogP contribution in [-0.4, -0.2) is 43.4 Å². The van der Waals surface area contributed by atoms with Crippen LogP contribution in [-0.2, 0) is 6.42 Å². The Kier molecular flexibility index (Phi) is 9.90. The summed E-state index contributed by atoms with van der Waals surface area (Å²) < 4.78 is 5.53. The number of rotatable bonds is 13. The third kappa shape index (κ3) is 8.56. The molecule has 0 aliphatic rings. The number of nitrogens with one attached hydrogen (secondary N) is 2. The van der Waals surface area contributed by atoms with Crippen LogP contribution in [0, 0.1) is 0 Å². The lowest BCUT2D eigenvalue weighted by atomic mass is 10.2. The van der Waals surface area contributed by atoms with Crippen molar-refractivity contribution in [2.75, 3.05) is 26.2 Å². The second-order valence-electron chi connectivity index (χ2n) is 6.46. The van der Waals surface area contributed by atoms with Crippen LogP contribution in [0.25, 0.3) is 0 Å². The molecule has 2 rings (SSSR count). The van der Waals surface area contributed by atoms with E-state index in [1.54, 1.807) is 11.3 Å². The summed E-state index contributed by atoms with van der Waals surface area (Å²) in [6.07, 6.45) is 3.44. The summed E-state index contributed by atoms with van der Waals surface area (Å²) in [5.41, 5.74) is 0. The molecule has 0 spiro atoms. The number of amides is 1. The number of benzene rings is 1. The van der Waals surface area contributed by atoms with Crippen LogP contribution < -0.4 is 15.4 Å². The number of unbranched alkanes of at least 4 members (excludes halogenated alkanes) is 1. The predicted molar refractivity (Wildman–Crippen MR) is 111 cm³/mol. The first-order valence-electron chi connectivity index (χ1n) is 9.62. The minimum absolute atomic E-state index is 0.0272. The molecule has 0 saturated carbocycles. The van der Waals surface area contributed by atoms with Crippen LogP contribution >= 0.6 is 11.3 Å². The van der Waals surface area contributed by atoms with Gasteiger partial charge in [0.15, 0.2) is 0 Å². The number of carbonyl (C=O) groups is 1. The molecule has 1 heterocycles. The SMILES string of the molecule is CCCCNC(=O)c1ccc(CCCNCC(O)COc2ccccc2)s1. The van der Waals surface area contributed by atoms with Crippen molar-refractivity contribution < 1.29 is 14.6 Å². The van der Waals surface area contributed by atoms with Crippen molar-refractivity contribution >= 4 is 17.2 Å². The number of aliphatic hydroxyl groups excluding tert-OH is 1. The van der Waals surface area contributed by atoms with Crippen LogP contribution in [0.15, 0.2) is 42.5 Å². The molecule has 5 nitrogen and oxygen atoms in total. The summed E-state index contributed by atoms with van der Waals surface area (Å²) in [4.78, 5) is 14.0. The number of hydrogen-bond donors (Lipinski definition) is 3. The molecule has 1 amide bonds. The number of thiophene rings is 1. The van der Waals surface area contributed by atoms with E-state index in [2.05, 4.69) is 17.6 Å². The average Bonchev–Trinajstić information content (AvgIpc) is 3.16. The Morgan fingerprint density at radius 1 is 1.15 bits per heavy atom. The second-order valence-corrected chi connectivity index (χ2v) is 7.63. The van der Waals surface area contributed by atoms with Crippen LogP contribution in [0.2, 0.25) is 0 Å². The Balaban J connectivity index is 1.55. The van der Waals surface area contributed by atoms with Gasteiger partial charge in [-0.25, -0.2) is 0 Å². The van der Waals surface area contributed by atoms with Gasteiger partial charge in [-0.1, -0.05) is 31.5 Å². The monoisotopic (exact) mass is 390 g/mol. The van der Waals surface area contributed by atoms with E-state index in [9.17, 15) is 9.90 Å². The number of carbonyl (C=O) groups excluding carboxylic acids is 1. The standard InChI is InChI=1S/C21H30N2O3S/c1-2-3-14-23-21(25)20-12-11-19(27-20)10-7-13-22-15-17(24)16-26-18-8-5-4-6-9-18/h4-6,8-9,11-12,17,22,24H,2-3,7,10,13-16H2,1H3,(H,23,25). The first kappa shape index (κ1) is 21.4. The summed E-state index contributed by atoms with van der Waals surface area (Å²) in [6.45, 7) is 4.45. The van der Waals surface area contributed by atoms with E-state index in [1.165, 1.54) is 4.88 Å². The van der Waals surface area contributed by atoms with Gasteiger partial charge >= 0.3 is 0 Å². The Bertz CT molecular complexity index is 660. The number of ether oxygens (including phenoxy) is 1. The van der Waals surface area contributed by atoms with E-state index >= 15 is 0 Å². The molecule has 0 radical (unpaired) electrons. The van der Waals surface area contributed by atoms with Gasteiger partial charge in [0.2, 0.25) is 0 Å². The van der Waals surface area contributed by atoms with Gasteiger partial charge in [-0.3, -0.25) is 4.79 Å². The van der Waals surface area contributed by atoms with Crippen LogP contribution in [0.3, 0.4) is 0 Å². The third-order valence-electron chi connectivity index (χ3n) is 4.04. The van der Waals surface area contributed by atoms with Crippen molar-refractivity contribution in [3.63, 3.8) is 0 Å². The molecular weight excluding hydrogens is 360 g/mol. The fraction of sp³-hybridized carbons (Fsp3) is 0.476. The van der Waals surface area contributed by atoms with E-state index < -0.39 is 6.10 Å². The van der Waals surface area contributed by atoms with E-state index in [1.807, 2.05) is 42.5 Å². The van der Waals surface area contributed by atoms with E-state index in [0.29, 0.717) is 6.54 Å². The first-order valence-corrected chi connectivity index (χ1v) is 10.4. The van der Waals surface area contributed by atoms with Crippen molar-refractivity contribution in [3.05, 3.63) is 52.2 Å². The molecule has 0 aliphatic heterocycles. The maximum Gasteiger partial charge on any atom is 0.261 e. The smallest absolute Gasteiger partial charge is 0.261 e. The molecule has 148 valence electrons. The van der Waals surface area contributed by atoms with Crippen LogP contribution in [0.4, 0.5) is 0 Å². The molecule has 1 aromatic heterocycles. The molecule has 3 N–H and O–H groups in total. The fourth-order valence-corrected chi connectivity index (χ4v) is 3.49. The van der Waals surface area contributed by atoms with Gasteiger partial charge in [0.05, 0.1) is 4.88 Å².